The van der Waals surface area contributed by atoms with Crippen LogP contribution in [-0.4, -0.2) is 58.7 Å². The van der Waals surface area contributed by atoms with Gasteiger partial charge in [0.05, 0.1) is 22.0 Å². The number of para-hydroxylation sites is 2. The number of nitrogens with one attached hydrogen (secondary N) is 2. The number of amides is 1. The van der Waals surface area contributed by atoms with Crippen molar-refractivity contribution in [3.8, 4) is 0 Å². The highest BCUT2D eigenvalue weighted by Gasteiger charge is 2.30. The fourth-order valence-electron chi connectivity index (χ4n) is 3.94. The molecule has 11 nitrogen and oxygen atoms in total. The number of aliphatic hydroxyl groups excluding tert-OH is 1. The highest BCUT2D eigenvalue weighted by molar-refractivity contribution is 7.99. The number of benzene rings is 2. The zero-order valence-corrected chi connectivity index (χ0v) is 21.2. The number of H-pyrrole nitrogens is 1. The molecule has 0 radical (unpaired) electrons. The Kier molecular flexibility index (Phi) is 10.0. The van der Waals surface area contributed by atoms with Crippen molar-refractivity contribution >= 4 is 40.2 Å². The number of carbonyl (C=O) groups excluding carboxylic acids is 2. The molecule has 3 aromatic rings. The molecule has 3 atom stereocenters. The van der Waals surface area contributed by atoms with Gasteiger partial charge >= 0.3 is 5.97 Å². The summed E-state index contributed by atoms with van der Waals surface area (Å²) in [6.07, 6.45) is 0.264. The number of rotatable bonds is 13. The Morgan fingerprint density at radius 1 is 1.19 bits per heavy atom. The number of hydrogen-bond acceptors (Lipinski definition) is 9. The molecule has 37 heavy (non-hydrogen) atoms. The summed E-state index contributed by atoms with van der Waals surface area (Å²) in [6, 6.07) is 11.8. The Balaban J connectivity index is 1.90. The number of aromatic amines is 1. The molecular weight excluding hydrogens is 498 g/mol. The van der Waals surface area contributed by atoms with Crippen LogP contribution in [-0.2, 0) is 20.7 Å². The normalized spacial score (nSPS) is 13.6. The molecule has 0 saturated heterocycles. The Morgan fingerprint density at radius 2 is 1.89 bits per heavy atom. The van der Waals surface area contributed by atoms with Gasteiger partial charge in [-0.1, -0.05) is 48.5 Å². The first-order valence-electron chi connectivity index (χ1n) is 11.8. The molecule has 0 aliphatic heterocycles. The summed E-state index contributed by atoms with van der Waals surface area (Å²) in [6.45, 7) is 0.483. The number of unbranched alkanes of at least 4 members (excludes halogenated alkanes) is 1. The first-order chi connectivity index (χ1) is 17.8. The van der Waals surface area contributed by atoms with Crippen LogP contribution in [0.5, 0.6) is 0 Å². The lowest BCUT2D eigenvalue weighted by Crippen LogP contribution is -2.52. The van der Waals surface area contributed by atoms with Crippen molar-refractivity contribution < 1.29 is 24.4 Å². The number of nitrogens with two attached hydrogens (primary N) is 2. The van der Waals surface area contributed by atoms with Gasteiger partial charge in [0.2, 0.25) is 0 Å². The van der Waals surface area contributed by atoms with Gasteiger partial charge < -0.3 is 31.6 Å². The maximum Gasteiger partial charge on any atom is 0.328 e. The molecule has 0 bridgehead atoms. The van der Waals surface area contributed by atoms with Crippen LogP contribution in [0.1, 0.15) is 24.8 Å². The summed E-state index contributed by atoms with van der Waals surface area (Å²) < 4.78 is 4.92. The molecule has 7 N–H and O–H groups in total. The number of hydrogen-bond donors (Lipinski definition) is 5. The van der Waals surface area contributed by atoms with Gasteiger partial charge in [-0.15, -0.1) is 0 Å². The van der Waals surface area contributed by atoms with Crippen LogP contribution in [0.25, 0.3) is 10.9 Å². The summed E-state index contributed by atoms with van der Waals surface area (Å²) in [5.41, 5.74) is 12.8. The Morgan fingerprint density at radius 3 is 2.59 bits per heavy atom. The molecule has 1 amide bonds. The van der Waals surface area contributed by atoms with Crippen LogP contribution in [0.15, 0.2) is 58.5 Å². The van der Waals surface area contributed by atoms with Gasteiger partial charge in [0.25, 0.3) is 11.6 Å². The van der Waals surface area contributed by atoms with E-state index in [4.69, 9.17) is 16.2 Å². The molecule has 3 rings (SSSR count). The van der Waals surface area contributed by atoms with Crippen LogP contribution >= 0.6 is 11.8 Å². The molecule has 1 unspecified atom stereocenters. The van der Waals surface area contributed by atoms with E-state index >= 15 is 0 Å². The van der Waals surface area contributed by atoms with E-state index in [-0.39, 0.29) is 12.1 Å². The minimum Gasteiger partial charge on any atom is -0.467 e. The minimum absolute atomic E-state index is 0.0144. The molecule has 0 fully saturated rings. The van der Waals surface area contributed by atoms with Crippen LogP contribution in [0.4, 0.5) is 5.69 Å². The molecule has 0 aliphatic carbocycles. The smallest absolute Gasteiger partial charge is 0.328 e. The van der Waals surface area contributed by atoms with E-state index in [1.54, 1.807) is 18.2 Å². The molecule has 0 aliphatic rings. The van der Waals surface area contributed by atoms with Crippen molar-refractivity contribution in [1.29, 1.82) is 0 Å². The van der Waals surface area contributed by atoms with Crippen LogP contribution in [0.3, 0.4) is 0 Å². The summed E-state index contributed by atoms with van der Waals surface area (Å²) in [7, 11) is 1.20. The standard InChI is InChI=1S/C25H31N5O6S/c1-36-25(33)19(28-23(32)22(31)17(27)9-6-7-13-26)14-16-15-8-2-3-10-18(15)29-24(16)37-21-12-5-4-11-20(21)30(34)35/h2-5,8,10-12,17,19,22,29,31H,6-7,9,13-14,26-27H2,1H3,(H,28,32)/t17-,19-,22?/m1/s1. The predicted octanol–water partition coefficient (Wildman–Crippen LogP) is 2.24. The SMILES string of the molecule is COC(=O)[C@@H](Cc1c(Sc2ccccc2[N+](=O)[O-])[nH]c2ccccc12)NC(=O)C(O)[C@H](N)CCCCN. The monoisotopic (exact) mass is 529 g/mol. The van der Waals surface area contributed by atoms with Crippen LogP contribution in [0, 0.1) is 10.1 Å². The highest BCUT2D eigenvalue weighted by Crippen LogP contribution is 2.39. The van der Waals surface area contributed by atoms with Gasteiger partial charge in [-0.05, 0) is 37.1 Å². The van der Waals surface area contributed by atoms with Gasteiger partial charge in [0.1, 0.15) is 12.1 Å². The van der Waals surface area contributed by atoms with E-state index < -0.39 is 35.0 Å². The van der Waals surface area contributed by atoms with E-state index in [2.05, 4.69) is 10.3 Å². The van der Waals surface area contributed by atoms with Gasteiger partial charge in [0.15, 0.2) is 0 Å². The second-order valence-corrected chi connectivity index (χ2v) is 9.54. The summed E-state index contributed by atoms with van der Waals surface area (Å²) in [5.74, 6) is -1.49. The number of nitro groups is 1. The second kappa shape index (κ2) is 13.2. The van der Waals surface area contributed by atoms with Crippen molar-refractivity contribution in [2.45, 2.75) is 53.8 Å². The van der Waals surface area contributed by atoms with E-state index in [9.17, 15) is 24.8 Å². The number of aliphatic hydroxyl groups is 1. The third-order valence-corrected chi connectivity index (χ3v) is 7.04. The third-order valence-electron chi connectivity index (χ3n) is 5.92. The number of carbonyl (C=O) groups is 2. The fraction of sp³-hybridized carbons (Fsp3) is 0.360. The summed E-state index contributed by atoms with van der Waals surface area (Å²) >= 11 is 1.16. The number of nitro benzene ring substituents is 1. The van der Waals surface area contributed by atoms with E-state index in [1.807, 2.05) is 24.3 Å². The molecular formula is C25H31N5O6S. The number of methoxy groups -OCH3 is 1. The van der Waals surface area contributed by atoms with Crippen molar-refractivity contribution in [2.75, 3.05) is 13.7 Å². The zero-order chi connectivity index (χ0) is 26.9. The van der Waals surface area contributed by atoms with Gasteiger partial charge in [-0.2, -0.15) is 0 Å². The largest absolute Gasteiger partial charge is 0.467 e. The third kappa shape index (κ3) is 7.07. The lowest BCUT2D eigenvalue weighted by atomic mass is 10.0. The number of ether oxygens (including phenoxy) is 1. The van der Waals surface area contributed by atoms with Gasteiger partial charge in [-0.25, -0.2) is 4.79 Å². The minimum atomic E-state index is -1.52. The molecule has 0 saturated carbocycles. The van der Waals surface area contributed by atoms with E-state index in [0.717, 1.165) is 22.7 Å². The first-order valence-corrected chi connectivity index (χ1v) is 12.6. The molecule has 198 valence electrons. The lowest BCUT2D eigenvalue weighted by Gasteiger charge is -2.22. The number of nitrogens with zero attached hydrogens (tertiary/aromatic N) is 1. The second-order valence-electron chi connectivity index (χ2n) is 8.49. The van der Waals surface area contributed by atoms with Crippen molar-refractivity contribution in [3.05, 3.63) is 64.2 Å². The highest BCUT2D eigenvalue weighted by atomic mass is 32.2. The Hall–Kier alpha value is -3.45. The topological polar surface area (TPSA) is 187 Å². The molecule has 0 spiro atoms. The molecule has 1 aromatic heterocycles. The maximum absolute atomic E-state index is 12.8. The summed E-state index contributed by atoms with van der Waals surface area (Å²) in [4.78, 5) is 40.2. The predicted molar refractivity (Wildman–Crippen MR) is 140 cm³/mol. The van der Waals surface area contributed by atoms with Crippen molar-refractivity contribution in [1.82, 2.24) is 10.3 Å². The zero-order valence-electron chi connectivity index (χ0n) is 20.4. The fourth-order valence-corrected chi connectivity index (χ4v) is 5.03. The van der Waals surface area contributed by atoms with E-state index in [1.165, 1.54) is 13.2 Å². The Labute approximate surface area is 218 Å². The quantitative estimate of drug-likeness (QED) is 0.0957. The van der Waals surface area contributed by atoms with Crippen molar-refractivity contribution in [3.63, 3.8) is 0 Å². The van der Waals surface area contributed by atoms with Crippen molar-refractivity contribution in [2.24, 2.45) is 11.5 Å². The van der Waals surface area contributed by atoms with Crippen LogP contribution in [0.2, 0.25) is 0 Å². The average molecular weight is 530 g/mol. The maximum atomic E-state index is 12.8. The summed E-state index contributed by atoms with van der Waals surface area (Å²) in [5, 5.41) is 25.9. The van der Waals surface area contributed by atoms with Gasteiger partial charge in [-0.3, -0.25) is 14.9 Å². The molecule has 2 aromatic carbocycles. The lowest BCUT2D eigenvalue weighted by molar-refractivity contribution is -0.387. The van der Waals surface area contributed by atoms with E-state index in [0.29, 0.717) is 41.3 Å². The average Bonchev–Trinajstić information content (AvgIpc) is 3.24. The molecule has 1 heterocycles. The number of aromatic nitrogens is 1. The molecule has 12 heteroatoms. The number of esters is 1. The first kappa shape index (κ1) is 28.1. The number of fused-ring (bicyclic) bond motifs is 1. The van der Waals surface area contributed by atoms with Crippen LogP contribution < -0.4 is 16.8 Å². The Bertz CT molecular complexity index is 1250. The van der Waals surface area contributed by atoms with Gasteiger partial charge in [0, 0.05) is 29.4 Å².